The van der Waals surface area contributed by atoms with Crippen LogP contribution in [0.15, 0.2) is 107 Å². The second-order valence-corrected chi connectivity index (χ2v) is 10.2. The lowest BCUT2D eigenvalue weighted by atomic mass is 10.2. The number of rotatable bonds is 8. The van der Waals surface area contributed by atoms with Crippen molar-refractivity contribution in [3.63, 3.8) is 0 Å². The number of amides is 1. The zero-order valence-electron chi connectivity index (χ0n) is 20.1. The molecule has 0 aromatic heterocycles. The molecule has 0 radical (unpaired) electrons. The van der Waals surface area contributed by atoms with Crippen LogP contribution in [0.1, 0.15) is 31.8 Å². The van der Waals surface area contributed by atoms with E-state index < -0.39 is 21.9 Å². The molecule has 0 aliphatic carbocycles. The number of benzene rings is 4. The molecule has 0 fully saturated rings. The van der Waals surface area contributed by atoms with Crippen LogP contribution in [0.25, 0.3) is 0 Å². The second kappa shape index (κ2) is 11.7. The van der Waals surface area contributed by atoms with Gasteiger partial charge in [-0.3, -0.25) is 9.52 Å². The van der Waals surface area contributed by atoms with Crippen molar-refractivity contribution in [1.82, 2.24) is 5.43 Å². The monoisotopic (exact) mass is 547 g/mol. The maximum atomic E-state index is 12.6. The second-order valence-electron chi connectivity index (χ2n) is 8.13. The van der Waals surface area contributed by atoms with Gasteiger partial charge in [0.05, 0.1) is 16.7 Å². The Morgan fingerprint density at radius 3 is 2.16 bits per heavy atom. The number of sulfonamides is 1. The molecule has 1 amide bonds. The van der Waals surface area contributed by atoms with Crippen LogP contribution in [-0.2, 0) is 10.0 Å². The van der Waals surface area contributed by atoms with E-state index in [9.17, 15) is 18.0 Å². The first-order valence-electron chi connectivity index (χ1n) is 11.3. The summed E-state index contributed by atoms with van der Waals surface area (Å²) in [7, 11) is -3.76. The van der Waals surface area contributed by atoms with Gasteiger partial charge in [-0.15, -0.1) is 0 Å². The van der Waals surface area contributed by atoms with E-state index in [0.29, 0.717) is 21.8 Å². The molecular formula is C28H22ClN3O5S. The van der Waals surface area contributed by atoms with E-state index >= 15 is 0 Å². The molecule has 192 valence electrons. The molecule has 38 heavy (non-hydrogen) atoms. The highest BCUT2D eigenvalue weighted by molar-refractivity contribution is 7.92. The minimum atomic E-state index is -3.76. The number of nitrogens with one attached hydrogen (secondary N) is 2. The average molecular weight is 548 g/mol. The summed E-state index contributed by atoms with van der Waals surface area (Å²) in [5.41, 5.74) is 4.72. The summed E-state index contributed by atoms with van der Waals surface area (Å²) in [4.78, 5) is 25.1. The van der Waals surface area contributed by atoms with Gasteiger partial charge in [-0.05, 0) is 79.7 Å². The maximum absolute atomic E-state index is 12.6. The molecule has 4 aromatic carbocycles. The van der Waals surface area contributed by atoms with Gasteiger partial charge in [-0.1, -0.05) is 41.4 Å². The standard InChI is InChI=1S/C28H22ClN3O5S/c1-19-6-16-25(17-7-19)38(35,36)32-24-14-10-20(11-15-24)27(33)31-30-18-22-4-2-3-5-26(22)37-28(34)21-8-12-23(29)13-9-21/h2-18,32H,1H3,(H,31,33). The van der Waals surface area contributed by atoms with Gasteiger partial charge in [0.1, 0.15) is 5.75 Å². The number of halogens is 1. The van der Waals surface area contributed by atoms with E-state index in [1.807, 2.05) is 6.92 Å². The molecule has 10 heteroatoms. The molecule has 0 heterocycles. The van der Waals surface area contributed by atoms with Crippen molar-refractivity contribution in [2.75, 3.05) is 4.72 Å². The summed E-state index contributed by atoms with van der Waals surface area (Å²) in [5, 5.41) is 4.46. The number of anilines is 1. The van der Waals surface area contributed by atoms with E-state index in [1.54, 1.807) is 60.7 Å². The number of nitrogens with zero attached hydrogens (tertiary/aromatic N) is 1. The van der Waals surface area contributed by atoms with Gasteiger partial charge in [-0.25, -0.2) is 18.6 Å². The van der Waals surface area contributed by atoms with E-state index in [1.165, 1.54) is 42.6 Å². The fraction of sp³-hybridized carbons (Fsp3) is 0.0357. The Kier molecular flexibility index (Phi) is 8.20. The van der Waals surface area contributed by atoms with Crippen molar-refractivity contribution in [3.8, 4) is 5.75 Å². The SMILES string of the molecule is Cc1ccc(S(=O)(=O)Nc2ccc(C(=O)NN=Cc3ccccc3OC(=O)c3ccc(Cl)cc3)cc2)cc1. The quantitative estimate of drug-likeness (QED) is 0.132. The van der Waals surface area contributed by atoms with Crippen LogP contribution in [0.2, 0.25) is 5.02 Å². The highest BCUT2D eigenvalue weighted by atomic mass is 35.5. The number of hydrazone groups is 1. The molecule has 0 aliphatic heterocycles. The first-order valence-corrected chi connectivity index (χ1v) is 13.2. The van der Waals surface area contributed by atoms with E-state index in [0.717, 1.165) is 5.56 Å². The van der Waals surface area contributed by atoms with Crippen LogP contribution >= 0.6 is 11.6 Å². The average Bonchev–Trinajstić information content (AvgIpc) is 2.90. The summed E-state index contributed by atoms with van der Waals surface area (Å²) >= 11 is 5.86. The predicted molar refractivity (Wildman–Crippen MR) is 146 cm³/mol. The highest BCUT2D eigenvalue weighted by Gasteiger charge is 2.15. The molecule has 0 spiro atoms. The Bertz CT molecular complexity index is 1590. The van der Waals surface area contributed by atoms with Crippen LogP contribution in [0.5, 0.6) is 5.75 Å². The number of carbonyl (C=O) groups is 2. The van der Waals surface area contributed by atoms with Gasteiger partial charge in [0.25, 0.3) is 15.9 Å². The zero-order valence-corrected chi connectivity index (χ0v) is 21.7. The Morgan fingerprint density at radius 1 is 0.842 bits per heavy atom. The molecule has 0 saturated heterocycles. The Balaban J connectivity index is 1.37. The molecule has 0 unspecified atom stereocenters. The van der Waals surface area contributed by atoms with E-state index in [-0.39, 0.29) is 16.2 Å². The third-order valence-electron chi connectivity index (χ3n) is 5.30. The molecule has 4 aromatic rings. The molecule has 4 rings (SSSR count). The number of aryl methyl sites for hydroxylation is 1. The lowest BCUT2D eigenvalue weighted by Gasteiger charge is -2.09. The predicted octanol–water partition coefficient (Wildman–Crippen LogP) is 5.43. The summed E-state index contributed by atoms with van der Waals surface area (Å²) in [6.07, 6.45) is 1.35. The minimum absolute atomic E-state index is 0.137. The third-order valence-corrected chi connectivity index (χ3v) is 6.95. The van der Waals surface area contributed by atoms with Crippen molar-refractivity contribution in [2.45, 2.75) is 11.8 Å². The topological polar surface area (TPSA) is 114 Å². The van der Waals surface area contributed by atoms with Gasteiger partial charge in [0.2, 0.25) is 0 Å². The van der Waals surface area contributed by atoms with E-state index in [4.69, 9.17) is 16.3 Å². The fourth-order valence-corrected chi connectivity index (χ4v) is 4.46. The molecule has 0 atom stereocenters. The van der Waals surface area contributed by atoms with Crippen LogP contribution in [0.4, 0.5) is 5.69 Å². The van der Waals surface area contributed by atoms with Crippen molar-refractivity contribution < 1.29 is 22.7 Å². The third kappa shape index (κ3) is 6.84. The lowest BCUT2D eigenvalue weighted by Crippen LogP contribution is -2.18. The first-order chi connectivity index (χ1) is 18.2. The van der Waals surface area contributed by atoms with Gasteiger partial charge >= 0.3 is 5.97 Å². The lowest BCUT2D eigenvalue weighted by molar-refractivity contribution is 0.0734. The normalized spacial score (nSPS) is 11.2. The van der Waals surface area contributed by atoms with Crippen molar-refractivity contribution >= 4 is 45.4 Å². The minimum Gasteiger partial charge on any atom is -0.422 e. The summed E-state index contributed by atoms with van der Waals surface area (Å²) in [6, 6.07) is 25.4. The van der Waals surface area contributed by atoms with Crippen molar-refractivity contribution in [2.24, 2.45) is 5.10 Å². The molecule has 0 bridgehead atoms. The van der Waals surface area contributed by atoms with Crippen LogP contribution in [-0.4, -0.2) is 26.5 Å². The molecule has 0 aliphatic rings. The fourth-order valence-electron chi connectivity index (χ4n) is 3.27. The molecule has 8 nitrogen and oxygen atoms in total. The smallest absolute Gasteiger partial charge is 0.343 e. The number of esters is 1. The number of hydrogen-bond donors (Lipinski definition) is 2. The highest BCUT2D eigenvalue weighted by Crippen LogP contribution is 2.19. The number of hydrogen-bond acceptors (Lipinski definition) is 6. The number of carbonyl (C=O) groups excluding carboxylic acids is 2. The summed E-state index contributed by atoms with van der Waals surface area (Å²) in [5.74, 6) is -0.815. The first kappa shape index (κ1) is 26.6. The molecule has 0 saturated carbocycles. The van der Waals surface area contributed by atoms with Gasteiger partial charge in [0.15, 0.2) is 0 Å². The maximum Gasteiger partial charge on any atom is 0.343 e. The van der Waals surface area contributed by atoms with E-state index in [2.05, 4.69) is 15.2 Å². The van der Waals surface area contributed by atoms with Gasteiger partial charge < -0.3 is 4.74 Å². The molecular weight excluding hydrogens is 526 g/mol. The van der Waals surface area contributed by atoms with Gasteiger partial charge in [0, 0.05) is 21.8 Å². The van der Waals surface area contributed by atoms with Gasteiger partial charge in [-0.2, -0.15) is 5.10 Å². The van der Waals surface area contributed by atoms with Crippen LogP contribution < -0.4 is 14.9 Å². The van der Waals surface area contributed by atoms with Crippen LogP contribution in [0, 0.1) is 6.92 Å². The summed E-state index contributed by atoms with van der Waals surface area (Å²) < 4.78 is 33.0. The Hall–Kier alpha value is -4.47. The molecule has 2 N–H and O–H groups in total. The Labute approximate surface area is 225 Å². The Morgan fingerprint density at radius 2 is 1.47 bits per heavy atom. The number of ether oxygens (including phenoxy) is 1. The van der Waals surface area contributed by atoms with Crippen molar-refractivity contribution in [3.05, 3.63) is 124 Å². The zero-order chi connectivity index (χ0) is 27.1. The summed E-state index contributed by atoms with van der Waals surface area (Å²) in [6.45, 7) is 1.87. The van der Waals surface area contributed by atoms with Crippen LogP contribution in [0.3, 0.4) is 0 Å². The number of para-hydroxylation sites is 1. The van der Waals surface area contributed by atoms with Crippen molar-refractivity contribution in [1.29, 1.82) is 0 Å². The largest absolute Gasteiger partial charge is 0.422 e.